The van der Waals surface area contributed by atoms with Gasteiger partial charge in [0.1, 0.15) is 0 Å². The van der Waals surface area contributed by atoms with E-state index in [0.717, 1.165) is 12.1 Å². The third-order valence-electron chi connectivity index (χ3n) is 3.07. The second kappa shape index (κ2) is 2.99. The smallest absolute Gasteiger partial charge is 0.0675 e. The van der Waals surface area contributed by atoms with Crippen LogP contribution in [0, 0.1) is 0 Å². The molecule has 0 fully saturated rings. The van der Waals surface area contributed by atoms with Crippen LogP contribution in [0.3, 0.4) is 0 Å². The van der Waals surface area contributed by atoms with E-state index in [1.165, 1.54) is 10.6 Å². The van der Waals surface area contributed by atoms with E-state index in [0.29, 0.717) is 5.92 Å². The van der Waals surface area contributed by atoms with Crippen LogP contribution in [0.1, 0.15) is 38.7 Å². The molecule has 0 aliphatic carbocycles. The molecule has 0 saturated carbocycles. The Kier molecular flexibility index (Phi) is 2.04. The minimum Gasteiger partial charge on any atom is -0.288 e. The van der Waals surface area contributed by atoms with E-state index in [-0.39, 0.29) is 5.54 Å². The third-order valence-corrected chi connectivity index (χ3v) is 3.07. The standard InChI is InChI=1S/C12H17NO/c1-9-8-12(2,3)13(14)11-7-5-4-6-10(9)11/h4-7,9,14H,8H2,1-3H3. The number of fused-ring (bicyclic) bond motifs is 1. The van der Waals surface area contributed by atoms with Gasteiger partial charge in [0, 0.05) is 0 Å². The Morgan fingerprint density at radius 2 is 2.00 bits per heavy atom. The second-order valence-corrected chi connectivity index (χ2v) is 4.79. The summed E-state index contributed by atoms with van der Waals surface area (Å²) >= 11 is 0. The minimum atomic E-state index is -0.159. The second-order valence-electron chi connectivity index (χ2n) is 4.79. The van der Waals surface area contributed by atoms with Crippen molar-refractivity contribution in [2.24, 2.45) is 0 Å². The number of rotatable bonds is 0. The Morgan fingerprint density at radius 3 is 2.71 bits per heavy atom. The number of hydrogen-bond acceptors (Lipinski definition) is 2. The molecule has 14 heavy (non-hydrogen) atoms. The van der Waals surface area contributed by atoms with Crippen LogP contribution in [0.25, 0.3) is 0 Å². The van der Waals surface area contributed by atoms with E-state index in [9.17, 15) is 5.21 Å². The maximum absolute atomic E-state index is 10.0. The van der Waals surface area contributed by atoms with Gasteiger partial charge in [-0.1, -0.05) is 25.1 Å². The van der Waals surface area contributed by atoms with E-state index in [4.69, 9.17) is 0 Å². The molecular formula is C12H17NO. The van der Waals surface area contributed by atoms with Crippen molar-refractivity contribution >= 4 is 5.69 Å². The van der Waals surface area contributed by atoms with Crippen LogP contribution in [-0.2, 0) is 0 Å². The van der Waals surface area contributed by atoms with Gasteiger partial charge in [0.25, 0.3) is 0 Å². The number of benzene rings is 1. The molecule has 2 rings (SSSR count). The lowest BCUT2D eigenvalue weighted by Gasteiger charge is -2.43. The molecule has 1 aromatic carbocycles. The number of anilines is 1. The van der Waals surface area contributed by atoms with Gasteiger partial charge in [-0.05, 0) is 37.8 Å². The summed E-state index contributed by atoms with van der Waals surface area (Å²) in [4.78, 5) is 0. The molecule has 2 nitrogen and oxygen atoms in total. The topological polar surface area (TPSA) is 23.5 Å². The van der Waals surface area contributed by atoms with Gasteiger partial charge in [-0.15, -0.1) is 0 Å². The summed E-state index contributed by atoms with van der Waals surface area (Å²) in [5.74, 6) is 0.518. The van der Waals surface area contributed by atoms with Crippen LogP contribution in [0.2, 0.25) is 0 Å². The molecule has 0 saturated heterocycles. The van der Waals surface area contributed by atoms with Crippen molar-refractivity contribution in [3.8, 4) is 0 Å². The Bertz CT molecular complexity index is 346. The highest BCUT2D eigenvalue weighted by molar-refractivity contribution is 5.56. The van der Waals surface area contributed by atoms with Crippen LogP contribution in [0.5, 0.6) is 0 Å². The predicted molar refractivity (Wildman–Crippen MR) is 57.8 cm³/mol. The van der Waals surface area contributed by atoms with Gasteiger partial charge in [0.05, 0.1) is 11.2 Å². The van der Waals surface area contributed by atoms with Gasteiger partial charge < -0.3 is 0 Å². The highest BCUT2D eigenvalue weighted by atomic mass is 16.5. The zero-order chi connectivity index (χ0) is 10.3. The molecule has 2 heteroatoms. The lowest BCUT2D eigenvalue weighted by atomic mass is 9.81. The minimum absolute atomic E-state index is 0.159. The SMILES string of the molecule is CC1CC(C)(C)N(O)c2ccccc21. The quantitative estimate of drug-likeness (QED) is 0.681. The first kappa shape index (κ1) is 9.53. The fourth-order valence-electron chi connectivity index (χ4n) is 2.37. The van der Waals surface area contributed by atoms with E-state index in [1.807, 2.05) is 18.2 Å². The average molecular weight is 191 g/mol. The molecule has 1 unspecified atom stereocenters. The summed E-state index contributed by atoms with van der Waals surface area (Å²) in [6.07, 6.45) is 0.987. The Balaban J connectivity index is 2.52. The molecule has 1 N–H and O–H groups in total. The summed E-state index contributed by atoms with van der Waals surface area (Å²) in [6.45, 7) is 6.35. The predicted octanol–water partition coefficient (Wildman–Crippen LogP) is 3.17. The summed E-state index contributed by atoms with van der Waals surface area (Å²) < 4.78 is 0. The summed E-state index contributed by atoms with van der Waals surface area (Å²) in [5, 5.41) is 11.4. The molecule has 1 aromatic rings. The molecule has 1 aliphatic heterocycles. The molecule has 1 heterocycles. The van der Waals surface area contributed by atoms with Crippen molar-refractivity contribution in [1.29, 1.82) is 0 Å². The molecule has 0 spiro atoms. The van der Waals surface area contributed by atoms with Gasteiger partial charge in [0.2, 0.25) is 0 Å². The Hall–Kier alpha value is -1.02. The maximum Gasteiger partial charge on any atom is 0.0675 e. The Morgan fingerprint density at radius 1 is 1.36 bits per heavy atom. The number of hydrogen-bond donors (Lipinski definition) is 1. The number of hydroxylamine groups is 1. The van der Waals surface area contributed by atoms with Gasteiger partial charge >= 0.3 is 0 Å². The molecule has 0 aromatic heterocycles. The van der Waals surface area contributed by atoms with Crippen LogP contribution in [0.15, 0.2) is 24.3 Å². The van der Waals surface area contributed by atoms with Crippen LogP contribution < -0.4 is 5.06 Å². The first-order chi connectivity index (χ1) is 6.52. The van der Waals surface area contributed by atoms with Crippen molar-refractivity contribution in [3.05, 3.63) is 29.8 Å². The molecule has 0 bridgehead atoms. The number of nitrogens with zero attached hydrogens (tertiary/aromatic N) is 1. The summed E-state index contributed by atoms with van der Waals surface area (Å²) in [5.41, 5.74) is 2.04. The van der Waals surface area contributed by atoms with Crippen molar-refractivity contribution in [3.63, 3.8) is 0 Å². The monoisotopic (exact) mass is 191 g/mol. The van der Waals surface area contributed by atoms with Crippen LogP contribution in [-0.4, -0.2) is 10.7 Å². The zero-order valence-electron chi connectivity index (χ0n) is 8.99. The van der Waals surface area contributed by atoms with Gasteiger partial charge in [-0.25, -0.2) is 0 Å². The van der Waals surface area contributed by atoms with Crippen molar-refractivity contribution in [2.75, 3.05) is 5.06 Å². The van der Waals surface area contributed by atoms with E-state index < -0.39 is 0 Å². The maximum atomic E-state index is 10.0. The molecule has 0 radical (unpaired) electrons. The normalized spacial score (nSPS) is 24.6. The first-order valence-electron chi connectivity index (χ1n) is 5.10. The third kappa shape index (κ3) is 1.30. The molecular weight excluding hydrogens is 174 g/mol. The molecule has 0 amide bonds. The summed E-state index contributed by atoms with van der Waals surface area (Å²) in [6, 6.07) is 8.07. The van der Waals surface area contributed by atoms with Gasteiger partial charge in [-0.3, -0.25) is 10.3 Å². The van der Waals surface area contributed by atoms with Crippen molar-refractivity contribution < 1.29 is 5.21 Å². The first-order valence-corrected chi connectivity index (χ1v) is 5.10. The Labute approximate surface area is 85.1 Å². The highest BCUT2D eigenvalue weighted by Crippen LogP contribution is 2.41. The van der Waals surface area contributed by atoms with Crippen LogP contribution in [0.4, 0.5) is 5.69 Å². The zero-order valence-corrected chi connectivity index (χ0v) is 8.99. The van der Waals surface area contributed by atoms with Gasteiger partial charge in [-0.2, -0.15) is 0 Å². The fourth-order valence-corrected chi connectivity index (χ4v) is 2.37. The molecule has 1 atom stereocenters. The van der Waals surface area contributed by atoms with Crippen LogP contribution >= 0.6 is 0 Å². The van der Waals surface area contributed by atoms with Crippen molar-refractivity contribution in [1.82, 2.24) is 0 Å². The largest absolute Gasteiger partial charge is 0.288 e. The lowest BCUT2D eigenvalue weighted by molar-refractivity contribution is 0.148. The van der Waals surface area contributed by atoms with E-state index in [2.05, 4.69) is 26.8 Å². The van der Waals surface area contributed by atoms with Gasteiger partial charge in [0.15, 0.2) is 0 Å². The molecule has 76 valence electrons. The molecule has 1 aliphatic rings. The fraction of sp³-hybridized carbons (Fsp3) is 0.500. The van der Waals surface area contributed by atoms with E-state index >= 15 is 0 Å². The summed E-state index contributed by atoms with van der Waals surface area (Å²) in [7, 11) is 0. The number of para-hydroxylation sites is 1. The average Bonchev–Trinajstić information content (AvgIpc) is 2.14. The highest BCUT2D eigenvalue weighted by Gasteiger charge is 2.35. The van der Waals surface area contributed by atoms with E-state index in [1.54, 1.807) is 0 Å². The lowest BCUT2D eigenvalue weighted by Crippen LogP contribution is -2.46. The van der Waals surface area contributed by atoms with Crippen molar-refractivity contribution in [2.45, 2.75) is 38.6 Å².